The molecule has 0 saturated heterocycles. The molecular formula is C13H14ClN3. The van der Waals surface area contributed by atoms with Crippen LogP contribution in [0.4, 0.5) is 11.5 Å². The Morgan fingerprint density at radius 1 is 1.35 bits per heavy atom. The van der Waals surface area contributed by atoms with Crippen LogP contribution in [0.25, 0.3) is 0 Å². The van der Waals surface area contributed by atoms with Crippen LogP contribution >= 0.6 is 11.6 Å². The Morgan fingerprint density at radius 2 is 2.12 bits per heavy atom. The molecule has 17 heavy (non-hydrogen) atoms. The number of rotatable bonds is 3. The van der Waals surface area contributed by atoms with Gasteiger partial charge in [-0.05, 0) is 30.2 Å². The second kappa shape index (κ2) is 5.06. The second-order valence-electron chi connectivity index (χ2n) is 3.87. The number of anilines is 2. The molecule has 2 rings (SSSR count). The standard InChI is InChI=1S/C13H14ClN3/c1-9-6-13(17-8-12(9)15)16-7-10-4-2-3-5-11(10)14/h2-6,8H,7,15H2,1H3,(H,16,17). The summed E-state index contributed by atoms with van der Waals surface area (Å²) in [4.78, 5) is 4.20. The van der Waals surface area contributed by atoms with Crippen LogP contribution in [-0.4, -0.2) is 4.98 Å². The summed E-state index contributed by atoms with van der Waals surface area (Å²) in [5.74, 6) is 0.802. The lowest BCUT2D eigenvalue weighted by molar-refractivity contribution is 1.11. The van der Waals surface area contributed by atoms with E-state index >= 15 is 0 Å². The normalized spacial score (nSPS) is 10.2. The molecule has 1 heterocycles. The fraction of sp³-hybridized carbons (Fsp3) is 0.154. The molecule has 0 aliphatic carbocycles. The lowest BCUT2D eigenvalue weighted by atomic mass is 10.2. The van der Waals surface area contributed by atoms with Crippen molar-refractivity contribution in [2.24, 2.45) is 0 Å². The molecular weight excluding hydrogens is 234 g/mol. The van der Waals surface area contributed by atoms with Gasteiger partial charge in [0.2, 0.25) is 0 Å². The lowest BCUT2D eigenvalue weighted by Gasteiger charge is -2.08. The van der Waals surface area contributed by atoms with E-state index in [1.807, 2.05) is 37.3 Å². The third kappa shape index (κ3) is 2.88. The van der Waals surface area contributed by atoms with Crippen LogP contribution < -0.4 is 11.1 Å². The number of aryl methyl sites for hydroxylation is 1. The minimum atomic E-state index is 0.649. The van der Waals surface area contributed by atoms with Crippen molar-refractivity contribution in [2.75, 3.05) is 11.1 Å². The quantitative estimate of drug-likeness (QED) is 0.876. The monoisotopic (exact) mass is 247 g/mol. The molecule has 0 unspecified atom stereocenters. The molecule has 88 valence electrons. The molecule has 0 bridgehead atoms. The fourth-order valence-electron chi connectivity index (χ4n) is 1.49. The molecule has 0 fully saturated rings. The van der Waals surface area contributed by atoms with Crippen molar-refractivity contribution in [3.8, 4) is 0 Å². The average molecular weight is 248 g/mol. The summed E-state index contributed by atoms with van der Waals surface area (Å²) in [6, 6.07) is 9.66. The molecule has 0 saturated carbocycles. The Kier molecular flexibility index (Phi) is 3.49. The van der Waals surface area contributed by atoms with Gasteiger partial charge in [0.1, 0.15) is 5.82 Å². The van der Waals surface area contributed by atoms with Gasteiger partial charge in [-0.25, -0.2) is 4.98 Å². The van der Waals surface area contributed by atoms with E-state index in [2.05, 4.69) is 10.3 Å². The first-order valence-corrected chi connectivity index (χ1v) is 5.74. The Balaban J connectivity index is 2.08. The number of halogens is 1. The molecule has 0 aliphatic heterocycles. The summed E-state index contributed by atoms with van der Waals surface area (Å²) in [6.07, 6.45) is 1.66. The predicted octanol–water partition coefficient (Wildman–Crippen LogP) is 3.24. The van der Waals surface area contributed by atoms with E-state index in [-0.39, 0.29) is 0 Å². The van der Waals surface area contributed by atoms with Crippen LogP contribution in [0.15, 0.2) is 36.5 Å². The molecule has 1 aromatic heterocycles. The van der Waals surface area contributed by atoms with Gasteiger partial charge in [-0.15, -0.1) is 0 Å². The van der Waals surface area contributed by atoms with Gasteiger partial charge in [0.05, 0.1) is 11.9 Å². The van der Waals surface area contributed by atoms with E-state index in [1.54, 1.807) is 6.20 Å². The van der Waals surface area contributed by atoms with Crippen LogP contribution in [0.1, 0.15) is 11.1 Å². The van der Waals surface area contributed by atoms with Crippen LogP contribution in [-0.2, 0) is 6.54 Å². The first kappa shape index (κ1) is 11.7. The van der Waals surface area contributed by atoms with Gasteiger partial charge >= 0.3 is 0 Å². The number of nitrogen functional groups attached to an aromatic ring is 1. The predicted molar refractivity (Wildman–Crippen MR) is 72.2 cm³/mol. The number of nitrogens with one attached hydrogen (secondary N) is 1. The highest BCUT2D eigenvalue weighted by atomic mass is 35.5. The zero-order valence-electron chi connectivity index (χ0n) is 9.57. The van der Waals surface area contributed by atoms with Gasteiger partial charge in [-0.1, -0.05) is 29.8 Å². The zero-order chi connectivity index (χ0) is 12.3. The average Bonchev–Trinajstić information content (AvgIpc) is 2.32. The first-order chi connectivity index (χ1) is 8.16. The number of hydrogen-bond donors (Lipinski definition) is 2. The number of hydrogen-bond acceptors (Lipinski definition) is 3. The van der Waals surface area contributed by atoms with Gasteiger partial charge in [0, 0.05) is 11.6 Å². The van der Waals surface area contributed by atoms with Gasteiger partial charge in [-0.3, -0.25) is 0 Å². The van der Waals surface area contributed by atoms with Crippen molar-refractivity contribution in [3.05, 3.63) is 52.7 Å². The maximum atomic E-state index is 6.07. The number of benzene rings is 1. The highest BCUT2D eigenvalue weighted by molar-refractivity contribution is 6.31. The summed E-state index contributed by atoms with van der Waals surface area (Å²) in [5, 5.41) is 3.98. The molecule has 0 amide bonds. The number of aromatic nitrogens is 1. The topological polar surface area (TPSA) is 50.9 Å². The van der Waals surface area contributed by atoms with Gasteiger partial charge < -0.3 is 11.1 Å². The molecule has 2 aromatic rings. The molecule has 3 nitrogen and oxygen atoms in total. The Bertz CT molecular complexity index is 526. The highest BCUT2D eigenvalue weighted by Crippen LogP contribution is 2.17. The Labute approximate surface area is 106 Å². The van der Waals surface area contributed by atoms with E-state index in [0.29, 0.717) is 12.2 Å². The van der Waals surface area contributed by atoms with Crippen LogP contribution in [0.3, 0.4) is 0 Å². The SMILES string of the molecule is Cc1cc(NCc2ccccc2Cl)ncc1N. The summed E-state index contributed by atoms with van der Waals surface area (Å²) < 4.78 is 0. The number of nitrogens with zero attached hydrogens (tertiary/aromatic N) is 1. The van der Waals surface area contributed by atoms with Gasteiger partial charge in [-0.2, -0.15) is 0 Å². The van der Waals surface area contributed by atoms with Crippen LogP contribution in [0.2, 0.25) is 5.02 Å². The smallest absolute Gasteiger partial charge is 0.126 e. The lowest BCUT2D eigenvalue weighted by Crippen LogP contribution is -2.03. The molecule has 0 atom stereocenters. The minimum Gasteiger partial charge on any atom is -0.397 e. The van der Waals surface area contributed by atoms with Crippen molar-refractivity contribution < 1.29 is 0 Å². The van der Waals surface area contributed by atoms with Crippen molar-refractivity contribution >= 4 is 23.1 Å². The largest absolute Gasteiger partial charge is 0.397 e. The maximum Gasteiger partial charge on any atom is 0.126 e. The van der Waals surface area contributed by atoms with E-state index < -0.39 is 0 Å². The third-order valence-corrected chi connectivity index (χ3v) is 2.94. The minimum absolute atomic E-state index is 0.649. The molecule has 3 N–H and O–H groups in total. The van der Waals surface area contributed by atoms with Crippen molar-refractivity contribution in [1.29, 1.82) is 0 Å². The molecule has 0 spiro atoms. The van der Waals surface area contributed by atoms with E-state index in [4.69, 9.17) is 17.3 Å². The van der Waals surface area contributed by atoms with E-state index in [1.165, 1.54) is 0 Å². The molecule has 0 radical (unpaired) electrons. The van der Waals surface area contributed by atoms with Gasteiger partial charge in [0.25, 0.3) is 0 Å². The van der Waals surface area contributed by atoms with E-state index in [0.717, 1.165) is 22.0 Å². The number of pyridine rings is 1. The van der Waals surface area contributed by atoms with E-state index in [9.17, 15) is 0 Å². The van der Waals surface area contributed by atoms with Gasteiger partial charge in [0.15, 0.2) is 0 Å². The van der Waals surface area contributed by atoms with Crippen molar-refractivity contribution in [1.82, 2.24) is 4.98 Å². The second-order valence-corrected chi connectivity index (χ2v) is 4.28. The summed E-state index contributed by atoms with van der Waals surface area (Å²) >= 11 is 6.07. The summed E-state index contributed by atoms with van der Waals surface area (Å²) in [7, 11) is 0. The maximum absolute atomic E-state index is 6.07. The van der Waals surface area contributed by atoms with Crippen molar-refractivity contribution in [2.45, 2.75) is 13.5 Å². The first-order valence-electron chi connectivity index (χ1n) is 5.36. The van der Waals surface area contributed by atoms with Crippen LogP contribution in [0, 0.1) is 6.92 Å². The molecule has 4 heteroatoms. The highest BCUT2D eigenvalue weighted by Gasteiger charge is 2.01. The molecule has 1 aromatic carbocycles. The number of nitrogens with two attached hydrogens (primary N) is 1. The molecule has 0 aliphatic rings. The van der Waals surface area contributed by atoms with Crippen molar-refractivity contribution in [3.63, 3.8) is 0 Å². The Morgan fingerprint density at radius 3 is 2.82 bits per heavy atom. The summed E-state index contributed by atoms with van der Waals surface area (Å²) in [5.41, 5.74) is 8.47. The Hall–Kier alpha value is -1.74. The van der Waals surface area contributed by atoms with Crippen LogP contribution in [0.5, 0.6) is 0 Å². The zero-order valence-corrected chi connectivity index (χ0v) is 10.3. The summed E-state index contributed by atoms with van der Waals surface area (Å²) in [6.45, 7) is 2.60. The third-order valence-electron chi connectivity index (χ3n) is 2.57. The fourth-order valence-corrected chi connectivity index (χ4v) is 1.69.